The third-order valence-corrected chi connectivity index (χ3v) is 2.43. The molecule has 0 aliphatic carbocycles. The van der Waals surface area contributed by atoms with E-state index in [4.69, 9.17) is 10.5 Å². The van der Waals surface area contributed by atoms with E-state index in [0.717, 1.165) is 25.0 Å². The largest absolute Gasteiger partial charge is 0.497 e. The molecule has 2 heteroatoms. The number of hydrogen-bond acceptors (Lipinski definition) is 2. The third kappa shape index (κ3) is 4.17. The SMILES string of the molecule is C=CCC(N)CCc1ccc(OC)cc1. The monoisotopic (exact) mass is 205 g/mol. The van der Waals surface area contributed by atoms with Crippen LogP contribution in [0.3, 0.4) is 0 Å². The Morgan fingerprint density at radius 2 is 2.07 bits per heavy atom. The molecule has 1 rings (SSSR count). The first-order chi connectivity index (χ1) is 7.26. The Labute approximate surface area is 91.7 Å². The molecule has 0 amide bonds. The number of benzene rings is 1. The predicted octanol–water partition coefficient (Wildman–Crippen LogP) is 2.53. The molecule has 0 aromatic heterocycles. The summed E-state index contributed by atoms with van der Waals surface area (Å²) in [6, 6.07) is 8.35. The predicted molar refractivity (Wildman–Crippen MR) is 64.1 cm³/mol. The van der Waals surface area contributed by atoms with Crippen LogP contribution in [0, 0.1) is 0 Å². The van der Waals surface area contributed by atoms with Crippen LogP contribution in [-0.4, -0.2) is 13.2 Å². The maximum absolute atomic E-state index is 5.89. The van der Waals surface area contributed by atoms with Gasteiger partial charge in [0, 0.05) is 6.04 Å². The van der Waals surface area contributed by atoms with Gasteiger partial charge in [-0.2, -0.15) is 0 Å². The van der Waals surface area contributed by atoms with Crippen molar-refractivity contribution in [3.05, 3.63) is 42.5 Å². The molecule has 0 aliphatic rings. The number of methoxy groups -OCH3 is 1. The van der Waals surface area contributed by atoms with Gasteiger partial charge in [-0.3, -0.25) is 0 Å². The lowest BCUT2D eigenvalue weighted by atomic mass is 10.0. The highest BCUT2D eigenvalue weighted by molar-refractivity contribution is 5.27. The smallest absolute Gasteiger partial charge is 0.118 e. The Morgan fingerprint density at radius 3 is 2.60 bits per heavy atom. The number of ether oxygens (including phenoxy) is 1. The average Bonchev–Trinajstić information content (AvgIpc) is 2.27. The van der Waals surface area contributed by atoms with Crippen LogP contribution in [-0.2, 0) is 6.42 Å². The van der Waals surface area contributed by atoms with Crippen molar-refractivity contribution in [2.75, 3.05) is 7.11 Å². The highest BCUT2D eigenvalue weighted by Crippen LogP contribution is 2.13. The van der Waals surface area contributed by atoms with E-state index in [2.05, 4.69) is 18.7 Å². The van der Waals surface area contributed by atoms with E-state index < -0.39 is 0 Å². The molecule has 0 aliphatic heterocycles. The summed E-state index contributed by atoms with van der Waals surface area (Å²) in [5.74, 6) is 0.897. The van der Waals surface area contributed by atoms with Crippen LogP contribution < -0.4 is 10.5 Å². The number of hydrogen-bond donors (Lipinski definition) is 1. The highest BCUT2D eigenvalue weighted by Gasteiger charge is 2.01. The zero-order chi connectivity index (χ0) is 11.1. The van der Waals surface area contributed by atoms with Crippen LogP contribution in [0.25, 0.3) is 0 Å². The fourth-order valence-corrected chi connectivity index (χ4v) is 1.48. The molecule has 15 heavy (non-hydrogen) atoms. The van der Waals surface area contributed by atoms with Crippen molar-refractivity contribution < 1.29 is 4.74 Å². The summed E-state index contributed by atoms with van der Waals surface area (Å²) in [6.45, 7) is 3.68. The van der Waals surface area contributed by atoms with E-state index in [-0.39, 0.29) is 6.04 Å². The Balaban J connectivity index is 2.40. The van der Waals surface area contributed by atoms with Gasteiger partial charge >= 0.3 is 0 Å². The number of nitrogens with two attached hydrogens (primary N) is 1. The zero-order valence-electron chi connectivity index (χ0n) is 9.28. The minimum atomic E-state index is 0.226. The summed E-state index contributed by atoms with van der Waals surface area (Å²) in [7, 11) is 1.68. The van der Waals surface area contributed by atoms with Crippen molar-refractivity contribution in [2.24, 2.45) is 5.73 Å². The van der Waals surface area contributed by atoms with Gasteiger partial charge in [-0.15, -0.1) is 6.58 Å². The lowest BCUT2D eigenvalue weighted by Crippen LogP contribution is -2.19. The Hall–Kier alpha value is -1.28. The van der Waals surface area contributed by atoms with Crippen molar-refractivity contribution >= 4 is 0 Å². The fraction of sp³-hybridized carbons (Fsp3) is 0.385. The van der Waals surface area contributed by atoms with E-state index in [1.807, 2.05) is 18.2 Å². The van der Waals surface area contributed by atoms with Crippen molar-refractivity contribution in [3.63, 3.8) is 0 Å². The van der Waals surface area contributed by atoms with E-state index in [1.54, 1.807) is 7.11 Å². The second-order valence-corrected chi connectivity index (χ2v) is 3.67. The van der Waals surface area contributed by atoms with Gasteiger partial charge in [0.05, 0.1) is 7.11 Å². The summed E-state index contributed by atoms with van der Waals surface area (Å²) in [5, 5.41) is 0. The molecular formula is C13H19NO. The van der Waals surface area contributed by atoms with Crippen molar-refractivity contribution in [2.45, 2.75) is 25.3 Å². The van der Waals surface area contributed by atoms with Crippen LogP contribution >= 0.6 is 0 Å². The first kappa shape index (κ1) is 11.8. The first-order valence-corrected chi connectivity index (χ1v) is 5.25. The van der Waals surface area contributed by atoms with E-state index in [1.165, 1.54) is 5.56 Å². The summed E-state index contributed by atoms with van der Waals surface area (Å²) in [5.41, 5.74) is 7.19. The van der Waals surface area contributed by atoms with Gasteiger partial charge in [-0.1, -0.05) is 18.2 Å². The molecular weight excluding hydrogens is 186 g/mol. The maximum atomic E-state index is 5.89. The summed E-state index contributed by atoms with van der Waals surface area (Å²) < 4.78 is 5.10. The van der Waals surface area contributed by atoms with Crippen molar-refractivity contribution in [3.8, 4) is 5.75 Å². The molecule has 2 N–H and O–H groups in total. The minimum absolute atomic E-state index is 0.226. The Kier molecular flexibility index (Phi) is 4.91. The van der Waals surface area contributed by atoms with Crippen molar-refractivity contribution in [1.29, 1.82) is 0 Å². The van der Waals surface area contributed by atoms with Gasteiger partial charge in [-0.25, -0.2) is 0 Å². The summed E-state index contributed by atoms with van der Waals surface area (Å²) in [6.07, 6.45) is 4.77. The topological polar surface area (TPSA) is 35.2 Å². The second-order valence-electron chi connectivity index (χ2n) is 3.67. The molecule has 0 bridgehead atoms. The molecule has 82 valence electrons. The lowest BCUT2D eigenvalue weighted by molar-refractivity contribution is 0.414. The quantitative estimate of drug-likeness (QED) is 0.724. The average molecular weight is 205 g/mol. The molecule has 1 unspecified atom stereocenters. The van der Waals surface area contributed by atoms with Gasteiger partial charge in [0.2, 0.25) is 0 Å². The number of rotatable bonds is 6. The van der Waals surface area contributed by atoms with E-state index >= 15 is 0 Å². The lowest BCUT2D eigenvalue weighted by Gasteiger charge is -2.08. The van der Waals surface area contributed by atoms with Gasteiger partial charge in [-0.05, 0) is 37.0 Å². The van der Waals surface area contributed by atoms with Crippen molar-refractivity contribution in [1.82, 2.24) is 0 Å². The molecule has 2 nitrogen and oxygen atoms in total. The number of aryl methyl sites for hydroxylation is 1. The van der Waals surface area contributed by atoms with Crippen LogP contribution in [0.15, 0.2) is 36.9 Å². The third-order valence-electron chi connectivity index (χ3n) is 2.43. The molecule has 0 spiro atoms. The van der Waals surface area contributed by atoms with Crippen LogP contribution in [0.4, 0.5) is 0 Å². The molecule has 0 radical (unpaired) electrons. The molecule has 1 atom stereocenters. The van der Waals surface area contributed by atoms with Gasteiger partial charge in [0.25, 0.3) is 0 Å². The highest BCUT2D eigenvalue weighted by atomic mass is 16.5. The summed E-state index contributed by atoms with van der Waals surface area (Å²) in [4.78, 5) is 0. The molecule has 0 heterocycles. The molecule has 1 aromatic carbocycles. The van der Waals surface area contributed by atoms with Gasteiger partial charge < -0.3 is 10.5 Å². The molecule has 0 saturated heterocycles. The minimum Gasteiger partial charge on any atom is -0.497 e. The summed E-state index contributed by atoms with van der Waals surface area (Å²) >= 11 is 0. The Bertz CT molecular complexity index is 292. The second kappa shape index (κ2) is 6.25. The molecule has 0 fully saturated rings. The van der Waals surface area contributed by atoms with Gasteiger partial charge in [0.1, 0.15) is 5.75 Å². The van der Waals surface area contributed by atoms with E-state index in [9.17, 15) is 0 Å². The zero-order valence-corrected chi connectivity index (χ0v) is 9.28. The maximum Gasteiger partial charge on any atom is 0.118 e. The molecule has 1 aromatic rings. The van der Waals surface area contributed by atoms with Crippen LogP contribution in [0.5, 0.6) is 5.75 Å². The Morgan fingerprint density at radius 1 is 1.40 bits per heavy atom. The fourth-order valence-electron chi connectivity index (χ4n) is 1.48. The van der Waals surface area contributed by atoms with E-state index in [0.29, 0.717) is 0 Å². The normalized spacial score (nSPS) is 12.1. The standard InChI is InChI=1S/C13H19NO/c1-3-4-12(14)8-5-11-6-9-13(15-2)10-7-11/h3,6-7,9-10,12H,1,4-5,8,14H2,2H3. The van der Waals surface area contributed by atoms with Crippen LogP contribution in [0.1, 0.15) is 18.4 Å². The van der Waals surface area contributed by atoms with Crippen LogP contribution in [0.2, 0.25) is 0 Å². The molecule has 0 saturated carbocycles. The van der Waals surface area contributed by atoms with Gasteiger partial charge in [0.15, 0.2) is 0 Å². The first-order valence-electron chi connectivity index (χ1n) is 5.25.